The second kappa shape index (κ2) is 6.84. The first-order chi connectivity index (χ1) is 12.4. The van der Waals surface area contributed by atoms with Gasteiger partial charge in [-0.15, -0.1) is 0 Å². The summed E-state index contributed by atoms with van der Waals surface area (Å²) >= 11 is 0. The Morgan fingerprint density at radius 3 is 2.42 bits per heavy atom. The van der Waals surface area contributed by atoms with Crippen LogP contribution in [-0.4, -0.2) is 11.8 Å². The van der Waals surface area contributed by atoms with Crippen molar-refractivity contribution in [3.05, 3.63) is 89.8 Å². The van der Waals surface area contributed by atoms with Crippen LogP contribution in [0.3, 0.4) is 0 Å². The second-order valence-corrected chi connectivity index (χ2v) is 5.92. The Kier molecular flexibility index (Phi) is 4.58. The average Bonchev–Trinajstić information content (AvgIpc) is 2.64. The monoisotopic (exact) mass is 352 g/mol. The fourth-order valence-corrected chi connectivity index (χ4v) is 2.97. The molecule has 0 bridgehead atoms. The van der Waals surface area contributed by atoms with Crippen molar-refractivity contribution in [3.8, 4) is 5.75 Å². The molecule has 5 nitrogen and oxygen atoms in total. The summed E-state index contributed by atoms with van der Waals surface area (Å²) in [4.78, 5) is 23.7. The van der Waals surface area contributed by atoms with E-state index in [-0.39, 0.29) is 5.56 Å². The molecular formula is C20H17FN2O3. The van der Waals surface area contributed by atoms with Gasteiger partial charge in [0.1, 0.15) is 17.5 Å². The molecule has 1 aliphatic carbocycles. The van der Waals surface area contributed by atoms with Gasteiger partial charge in [-0.2, -0.15) is 0 Å². The molecule has 0 saturated heterocycles. The van der Waals surface area contributed by atoms with Gasteiger partial charge in [0.25, 0.3) is 0 Å². The van der Waals surface area contributed by atoms with Crippen LogP contribution in [0.25, 0.3) is 0 Å². The molecular weight excluding hydrogens is 335 g/mol. The molecule has 2 atom stereocenters. The summed E-state index contributed by atoms with van der Waals surface area (Å²) in [6, 6.07) is 11.9. The largest absolute Gasteiger partial charge is 0.477 e. The molecule has 0 aromatic heterocycles. The molecule has 2 unspecified atom stereocenters. The lowest BCUT2D eigenvalue weighted by molar-refractivity contribution is -0.125. The van der Waals surface area contributed by atoms with Crippen molar-refractivity contribution in [1.82, 2.24) is 0 Å². The number of amides is 2. The van der Waals surface area contributed by atoms with E-state index in [2.05, 4.69) is 0 Å². The highest BCUT2D eigenvalue weighted by molar-refractivity contribution is 5.93. The Bertz CT molecular complexity index is 906. The zero-order valence-electron chi connectivity index (χ0n) is 13.8. The number of rotatable bonds is 5. The van der Waals surface area contributed by atoms with Gasteiger partial charge in [-0.1, -0.05) is 30.4 Å². The van der Waals surface area contributed by atoms with Gasteiger partial charge in [-0.3, -0.25) is 9.59 Å². The quantitative estimate of drug-likeness (QED) is 0.865. The normalized spacial score (nSPS) is 21.3. The van der Waals surface area contributed by atoms with Gasteiger partial charge in [0, 0.05) is 11.1 Å². The zero-order chi connectivity index (χ0) is 18.7. The summed E-state index contributed by atoms with van der Waals surface area (Å²) in [6.07, 6.45) is 6.73. The molecule has 2 aromatic carbocycles. The minimum Gasteiger partial charge on any atom is -0.477 e. The van der Waals surface area contributed by atoms with E-state index in [0.717, 1.165) is 0 Å². The summed E-state index contributed by atoms with van der Waals surface area (Å²) in [5, 5.41) is 0. The van der Waals surface area contributed by atoms with E-state index in [1.54, 1.807) is 48.6 Å². The Labute approximate surface area is 149 Å². The molecule has 6 heteroatoms. The van der Waals surface area contributed by atoms with Gasteiger partial charge < -0.3 is 16.2 Å². The molecule has 2 aromatic rings. The van der Waals surface area contributed by atoms with E-state index < -0.39 is 29.2 Å². The molecule has 0 aliphatic heterocycles. The highest BCUT2D eigenvalue weighted by Gasteiger charge is 2.44. The third-order valence-corrected chi connectivity index (χ3v) is 4.23. The van der Waals surface area contributed by atoms with Crippen LogP contribution in [0, 0.1) is 11.7 Å². The maximum absolute atomic E-state index is 13.2. The lowest BCUT2D eigenvalue weighted by Crippen LogP contribution is -2.46. The Hall–Kier alpha value is -3.41. The predicted molar refractivity (Wildman–Crippen MR) is 94.6 cm³/mol. The van der Waals surface area contributed by atoms with Crippen LogP contribution in [0.15, 0.2) is 72.8 Å². The minimum absolute atomic E-state index is 0.274. The van der Waals surface area contributed by atoms with Crippen molar-refractivity contribution >= 4 is 11.8 Å². The van der Waals surface area contributed by atoms with Gasteiger partial charge in [0.2, 0.25) is 11.8 Å². The van der Waals surface area contributed by atoms with Crippen LogP contribution in [-0.2, 0) is 10.4 Å². The summed E-state index contributed by atoms with van der Waals surface area (Å²) in [5.74, 6) is -2.10. The molecule has 26 heavy (non-hydrogen) atoms. The Morgan fingerprint density at radius 2 is 1.77 bits per heavy atom. The maximum atomic E-state index is 13.2. The zero-order valence-corrected chi connectivity index (χ0v) is 13.8. The van der Waals surface area contributed by atoms with Gasteiger partial charge in [-0.05, 0) is 42.5 Å². The van der Waals surface area contributed by atoms with Crippen molar-refractivity contribution < 1.29 is 18.7 Å². The van der Waals surface area contributed by atoms with Crippen molar-refractivity contribution in [2.45, 2.75) is 5.60 Å². The number of hydrogen-bond acceptors (Lipinski definition) is 3. The highest BCUT2D eigenvalue weighted by atomic mass is 19.1. The molecule has 4 N–H and O–H groups in total. The van der Waals surface area contributed by atoms with E-state index in [1.807, 2.05) is 0 Å². The van der Waals surface area contributed by atoms with Crippen molar-refractivity contribution in [2.75, 3.05) is 0 Å². The van der Waals surface area contributed by atoms with Crippen LogP contribution >= 0.6 is 0 Å². The molecule has 0 spiro atoms. The Balaban J connectivity index is 2.15. The molecule has 132 valence electrons. The van der Waals surface area contributed by atoms with E-state index in [9.17, 15) is 14.0 Å². The number of carbonyl (C=O) groups excluding carboxylic acids is 2. The third kappa shape index (κ3) is 3.21. The molecule has 0 saturated carbocycles. The van der Waals surface area contributed by atoms with E-state index >= 15 is 0 Å². The second-order valence-electron chi connectivity index (χ2n) is 5.92. The lowest BCUT2D eigenvalue weighted by Gasteiger charge is -2.38. The first-order valence-corrected chi connectivity index (χ1v) is 7.92. The van der Waals surface area contributed by atoms with Crippen molar-refractivity contribution in [3.63, 3.8) is 0 Å². The Morgan fingerprint density at radius 1 is 1.04 bits per heavy atom. The van der Waals surface area contributed by atoms with Crippen LogP contribution in [0.5, 0.6) is 5.75 Å². The number of halogens is 1. The van der Waals surface area contributed by atoms with Crippen molar-refractivity contribution in [2.24, 2.45) is 17.4 Å². The number of primary amides is 2. The summed E-state index contributed by atoms with van der Waals surface area (Å²) in [7, 11) is 0. The molecule has 0 heterocycles. The number of hydrogen-bond donors (Lipinski definition) is 2. The first-order valence-electron chi connectivity index (χ1n) is 7.92. The number of ether oxygens (including phenoxy) is 1. The number of benzene rings is 2. The minimum atomic E-state index is -1.29. The third-order valence-electron chi connectivity index (χ3n) is 4.23. The molecule has 3 rings (SSSR count). The van der Waals surface area contributed by atoms with Gasteiger partial charge in [0.15, 0.2) is 5.60 Å². The standard InChI is InChI=1S/C20H17FN2O3/c21-15-7-9-16(10-8-15)26-20(11-2-1-6-17(20)19(23)25)14-5-3-4-13(12-14)18(22)24/h1-12,17H,(H2,22,24)(H2,23,25). The van der Waals surface area contributed by atoms with E-state index in [4.69, 9.17) is 16.2 Å². The SMILES string of the molecule is NC(=O)c1cccc(C2(Oc3ccc(F)cc3)C=CC=CC2C(N)=O)c1. The molecule has 1 aliphatic rings. The first kappa shape index (κ1) is 17.4. The van der Waals surface area contributed by atoms with E-state index in [1.165, 1.54) is 24.3 Å². The smallest absolute Gasteiger partial charge is 0.248 e. The van der Waals surface area contributed by atoms with E-state index in [0.29, 0.717) is 11.3 Å². The van der Waals surface area contributed by atoms with Crippen LogP contribution < -0.4 is 16.2 Å². The highest BCUT2D eigenvalue weighted by Crippen LogP contribution is 2.40. The summed E-state index contributed by atoms with van der Waals surface area (Å²) in [5.41, 5.74) is 10.5. The van der Waals surface area contributed by atoms with Crippen LogP contribution in [0.4, 0.5) is 4.39 Å². The summed E-state index contributed by atoms with van der Waals surface area (Å²) < 4.78 is 19.4. The number of carbonyl (C=O) groups is 2. The lowest BCUT2D eigenvalue weighted by atomic mass is 9.77. The molecule has 0 radical (unpaired) electrons. The number of allylic oxidation sites excluding steroid dienone is 2. The summed E-state index contributed by atoms with van der Waals surface area (Å²) in [6.45, 7) is 0. The topological polar surface area (TPSA) is 95.4 Å². The molecule has 0 fully saturated rings. The maximum Gasteiger partial charge on any atom is 0.248 e. The number of nitrogens with two attached hydrogens (primary N) is 2. The fourth-order valence-electron chi connectivity index (χ4n) is 2.97. The average molecular weight is 352 g/mol. The van der Waals surface area contributed by atoms with Gasteiger partial charge in [0.05, 0.1) is 0 Å². The van der Waals surface area contributed by atoms with Gasteiger partial charge in [-0.25, -0.2) is 4.39 Å². The van der Waals surface area contributed by atoms with Crippen molar-refractivity contribution in [1.29, 1.82) is 0 Å². The van der Waals surface area contributed by atoms with Crippen LogP contribution in [0.2, 0.25) is 0 Å². The van der Waals surface area contributed by atoms with Gasteiger partial charge >= 0.3 is 0 Å². The fraction of sp³-hybridized carbons (Fsp3) is 0.100. The predicted octanol–water partition coefficient (Wildman–Crippen LogP) is 2.43. The molecule has 2 amide bonds. The van der Waals surface area contributed by atoms with Crippen LogP contribution in [0.1, 0.15) is 15.9 Å².